The molecule has 0 aliphatic rings. The van der Waals surface area contributed by atoms with Crippen LogP contribution in [0.2, 0.25) is 0 Å². The van der Waals surface area contributed by atoms with Crippen LogP contribution in [0.4, 0.5) is 0 Å². The van der Waals surface area contributed by atoms with Crippen LogP contribution in [0.3, 0.4) is 0 Å². The quantitative estimate of drug-likeness (QED) is 0.321. The number of aryl methyl sites for hydroxylation is 1. The van der Waals surface area contributed by atoms with E-state index in [2.05, 4.69) is 42.1 Å². The Labute approximate surface area is 156 Å². The number of tetrazole rings is 1. The molecule has 0 N–H and O–H groups in total. The average Bonchev–Trinajstić information content (AvgIpc) is 3.20. The van der Waals surface area contributed by atoms with E-state index in [-0.39, 0.29) is 23.7 Å². The summed E-state index contributed by atoms with van der Waals surface area (Å²) in [6.07, 6.45) is 7.04. The summed E-state index contributed by atoms with van der Waals surface area (Å²) in [6.45, 7) is 2.41. The Morgan fingerprint density at radius 1 is 1.07 bits per heavy atom. The Morgan fingerprint density at radius 3 is 2.46 bits per heavy atom. The van der Waals surface area contributed by atoms with Gasteiger partial charge in [0.25, 0.3) is 11.1 Å². The number of nitrogens with zero attached hydrogens (tertiary/aromatic N) is 10. The van der Waals surface area contributed by atoms with Gasteiger partial charge in [0.2, 0.25) is 0 Å². The number of benzene rings is 1. The van der Waals surface area contributed by atoms with Gasteiger partial charge in [-0.15, -0.1) is 27.6 Å². The molecule has 12 heteroatoms. The van der Waals surface area contributed by atoms with Crippen molar-refractivity contribution >= 4 is 21.8 Å². The van der Waals surface area contributed by atoms with Crippen molar-refractivity contribution in [3.8, 4) is 12.3 Å². The van der Waals surface area contributed by atoms with Gasteiger partial charge < -0.3 is 0 Å². The predicted octanol–water partition coefficient (Wildman–Crippen LogP) is -0.833. The maximum atomic E-state index is 12.9. The largest absolute Gasteiger partial charge is 0.277 e. The number of aromatic nitrogens is 10. The second kappa shape index (κ2) is 6.95. The minimum absolute atomic E-state index is 0.262. The van der Waals surface area contributed by atoms with Gasteiger partial charge >= 0.3 is 0 Å². The third-order valence-electron chi connectivity index (χ3n) is 4.25. The normalized spacial score (nSPS) is 12.3. The summed E-state index contributed by atoms with van der Waals surface area (Å²) in [4.78, 5) is 25.4. The Balaban J connectivity index is 1.80. The van der Waals surface area contributed by atoms with Gasteiger partial charge in [-0.3, -0.25) is 9.59 Å². The van der Waals surface area contributed by atoms with Crippen molar-refractivity contribution in [2.45, 2.75) is 32.5 Å². The van der Waals surface area contributed by atoms with Crippen LogP contribution in [0, 0.1) is 12.3 Å². The monoisotopic (exact) mass is 378 g/mol. The maximum absolute atomic E-state index is 12.9. The number of fused-ring (bicyclic) bond motifs is 2. The fourth-order valence-electron chi connectivity index (χ4n) is 2.84. The van der Waals surface area contributed by atoms with E-state index < -0.39 is 0 Å². The number of hydrogen-bond donors (Lipinski definition) is 0. The molecular weight excluding hydrogens is 364 g/mol. The van der Waals surface area contributed by atoms with Crippen LogP contribution >= 0.6 is 0 Å². The van der Waals surface area contributed by atoms with Crippen LogP contribution in [0.25, 0.3) is 21.8 Å². The van der Waals surface area contributed by atoms with Crippen molar-refractivity contribution in [3.63, 3.8) is 0 Å². The first-order chi connectivity index (χ1) is 13.6. The Bertz CT molecular complexity index is 1320. The van der Waals surface area contributed by atoms with Crippen molar-refractivity contribution in [1.29, 1.82) is 0 Å². The third kappa shape index (κ3) is 2.98. The lowest BCUT2D eigenvalue weighted by Gasteiger charge is -2.12. The van der Waals surface area contributed by atoms with Gasteiger partial charge in [-0.2, -0.15) is 0 Å². The molecule has 1 aromatic carbocycles. The SMILES string of the molecule is C#CCCn1nnc2cc3c(=O)n([C@H](C)Cn4cnnn4)nnc3cc2c1=O. The fourth-order valence-corrected chi connectivity index (χ4v) is 2.84. The van der Waals surface area contributed by atoms with Gasteiger partial charge in [-0.25, -0.2) is 14.0 Å². The molecule has 0 unspecified atom stereocenters. The smallest absolute Gasteiger partial charge is 0.267 e. The molecule has 0 bridgehead atoms. The first-order valence-electron chi connectivity index (χ1n) is 8.39. The average molecular weight is 378 g/mol. The lowest BCUT2D eigenvalue weighted by Crippen LogP contribution is -2.30. The zero-order valence-electron chi connectivity index (χ0n) is 14.8. The topological polar surface area (TPSA) is 139 Å². The lowest BCUT2D eigenvalue weighted by molar-refractivity contribution is 0.375. The van der Waals surface area contributed by atoms with Crippen molar-refractivity contribution in [2.75, 3.05) is 0 Å². The molecule has 0 radical (unpaired) electrons. The lowest BCUT2D eigenvalue weighted by atomic mass is 10.2. The highest BCUT2D eigenvalue weighted by Crippen LogP contribution is 2.14. The van der Waals surface area contributed by atoms with Crippen molar-refractivity contribution in [1.82, 2.24) is 50.2 Å². The molecule has 140 valence electrons. The summed E-state index contributed by atoms with van der Waals surface area (Å²) in [5.41, 5.74) is -0.0952. The second-order valence-corrected chi connectivity index (χ2v) is 6.18. The van der Waals surface area contributed by atoms with E-state index in [1.807, 2.05) is 0 Å². The number of rotatable bonds is 5. The molecule has 0 fully saturated rings. The second-order valence-electron chi connectivity index (χ2n) is 6.18. The number of terminal acetylenes is 1. The maximum Gasteiger partial charge on any atom is 0.277 e. The molecule has 0 amide bonds. The summed E-state index contributed by atoms with van der Waals surface area (Å²) in [7, 11) is 0. The molecule has 3 heterocycles. The molecule has 4 aromatic rings. The van der Waals surface area contributed by atoms with Crippen LogP contribution in [0.1, 0.15) is 19.4 Å². The molecule has 12 nitrogen and oxygen atoms in total. The molecule has 1 atom stereocenters. The van der Waals surface area contributed by atoms with Gasteiger partial charge in [0, 0.05) is 6.42 Å². The fraction of sp³-hybridized carbons (Fsp3) is 0.312. The van der Waals surface area contributed by atoms with E-state index in [1.54, 1.807) is 6.92 Å². The highest BCUT2D eigenvalue weighted by atomic mass is 16.1. The summed E-state index contributed by atoms with van der Waals surface area (Å²) in [5, 5.41) is 27.5. The minimum Gasteiger partial charge on any atom is -0.267 e. The molecule has 0 spiro atoms. The van der Waals surface area contributed by atoms with E-state index in [0.717, 1.165) is 0 Å². The molecule has 0 saturated heterocycles. The highest BCUT2D eigenvalue weighted by molar-refractivity contribution is 5.93. The zero-order valence-corrected chi connectivity index (χ0v) is 14.8. The molecule has 4 rings (SSSR count). The summed E-state index contributed by atoms with van der Waals surface area (Å²) < 4.78 is 3.93. The van der Waals surface area contributed by atoms with Crippen LogP contribution in [0.5, 0.6) is 0 Å². The molecule has 0 aliphatic carbocycles. The first-order valence-corrected chi connectivity index (χ1v) is 8.39. The van der Waals surface area contributed by atoms with Gasteiger partial charge in [-0.1, -0.05) is 10.4 Å². The number of hydrogen-bond acceptors (Lipinski definition) is 9. The van der Waals surface area contributed by atoms with Gasteiger partial charge in [-0.05, 0) is 29.5 Å². The van der Waals surface area contributed by atoms with Crippen LogP contribution in [-0.2, 0) is 13.1 Å². The summed E-state index contributed by atoms with van der Waals surface area (Å²) in [5.74, 6) is 2.45. The standard InChI is InChI=1S/C16H14N10O2/c1-3-4-5-25-15(27)11-6-14-12(7-13(11)18-21-25)16(28)26(22-19-14)10(2)8-24-9-17-20-23-24/h1,6-7,9-10H,4-5,8H2,2H3/t10-/m1/s1. The van der Waals surface area contributed by atoms with E-state index in [0.29, 0.717) is 34.8 Å². The van der Waals surface area contributed by atoms with Crippen LogP contribution in [0.15, 0.2) is 28.0 Å². The van der Waals surface area contributed by atoms with Crippen molar-refractivity contribution in [2.24, 2.45) is 0 Å². The van der Waals surface area contributed by atoms with Crippen molar-refractivity contribution in [3.05, 3.63) is 39.2 Å². The van der Waals surface area contributed by atoms with E-state index in [9.17, 15) is 9.59 Å². The van der Waals surface area contributed by atoms with Gasteiger partial charge in [0.05, 0.1) is 29.9 Å². The third-order valence-corrected chi connectivity index (χ3v) is 4.25. The summed E-state index contributed by atoms with van der Waals surface area (Å²) in [6, 6.07) is 2.66. The van der Waals surface area contributed by atoms with Crippen LogP contribution < -0.4 is 11.1 Å². The van der Waals surface area contributed by atoms with E-state index in [4.69, 9.17) is 6.42 Å². The van der Waals surface area contributed by atoms with Crippen LogP contribution in [-0.4, -0.2) is 50.2 Å². The summed E-state index contributed by atoms with van der Waals surface area (Å²) >= 11 is 0. The van der Waals surface area contributed by atoms with Gasteiger partial charge in [0.1, 0.15) is 17.4 Å². The molecule has 28 heavy (non-hydrogen) atoms. The zero-order chi connectivity index (χ0) is 19.7. The molecule has 3 aromatic heterocycles. The first kappa shape index (κ1) is 17.4. The molecule has 0 saturated carbocycles. The van der Waals surface area contributed by atoms with Crippen molar-refractivity contribution < 1.29 is 0 Å². The molecule has 0 aliphatic heterocycles. The van der Waals surface area contributed by atoms with E-state index in [1.165, 1.54) is 32.5 Å². The molecular formula is C16H14N10O2. The highest BCUT2D eigenvalue weighted by Gasteiger charge is 2.15. The Kier molecular flexibility index (Phi) is 4.32. The van der Waals surface area contributed by atoms with Gasteiger partial charge in [0.15, 0.2) is 0 Å². The van der Waals surface area contributed by atoms with E-state index >= 15 is 0 Å². The minimum atomic E-state index is -0.356. The Hall–Kier alpha value is -4.01. The predicted molar refractivity (Wildman–Crippen MR) is 97.1 cm³/mol. The Morgan fingerprint density at radius 2 is 1.79 bits per heavy atom.